The molecule has 1 heterocycles. The summed E-state index contributed by atoms with van der Waals surface area (Å²) in [7, 11) is 0. The quantitative estimate of drug-likeness (QED) is 0.527. The minimum absolute atomic E-state index is 0.00181. The van der Waals surface area contributed by atoms with Crippen LogP contribution < -0.4 is 5.32 Å². The molecule has 0 fully saturated rings. The van der Waals surface area contributed by atoms with Crippen LogP contribution in [-0.2, 0) is 0 Å². The SMILES string of the molecule is Cc1cc(C)cc(C(=O)NCCSc2c(C)[nH]c3ccccc23)c1. The zero-order valence-electron chi connectivity index (χ0n) is 14.3. The Labute approximate surface area is 146 Å². The Kier molecular flexibility index (Phi) is 4.95. The summed E-state index contributed by atoms with van der Waals surface area (Å²) in [5.74, 6) is 0.845. The van der Waals surface area contributed by atoms with E-state index in [-0.39, 0.29) is 5.91 Å². The van der Waals surface area contributed by atoms with E-state index >= 15 is 0 Å². The fraction of sp³-hybridized carbons (Fsp3) is 0.250. The third kappa shape index (κ3) is 3.65. The number of rotatable bonds is 5. The van der Waals surface area contributed by atoms with Crippen molar-refractivity contribution in [3.8, 4) is 0 Å². The van der Waals surface area contributed by atoms with E-state index in [4.69, 9.17) is 0 Å². The number of H-pyrrole nitrogens is 1. The molecule has 2 N–H and O–H groups in total. The minimum atomic E-state index is -0.00181. The Hall–Kier alpha value is -2.20. The second-order valence-corrected chi connectivity index (χ2v) is 7.21. The number of thioether (sulfide) groups is 1. The number of aromatic amines is 1. The van der Waals surface area contributed by atoms with Gasteiger partial charge >= 0.3 is 0 Å². The van der Waals surface area contributed by atoms with Crippen molar-refractivity contribution in [2.45, 2.75) is 25.7 Å². The average molecular weight is 338 g/mol. The summed E-state index contributed by atoms with van der Waals surface area (Å²) < 4.78 is 0. The van der Waals surface area contributed by atoms with Crippen molar-refractivity contribution in [1.29, 1.82) is 0 Å². The molecule has 124 valence electrons. The number of nitrogens with one attached hydrogen (secondary N) is 2. The van der Waals surface area contributed by atoms with Crippen LogP contribution in [0, 0.1) is 20.8 Å². The number of hydrogen-bond acceptors (Lipinski definition) is 2. The molecule has 0 saturated heterocycles. The first-order valence-corrected chi connectivity index (χ1v) is 9.10. The number of hydrogen-bond donors (Lipinski definition) is 2. The smallest absolute Gasteiger partial charge is 0.251 e. The fourth-order valence-electron chi connectivity index (χ4n) is 2.96. The van der Waals surface area contributed by atoms with Gasteiger partial charge in [-0.1, -0.05) is 35.4 Å². The van der Waals surface area contributed by atoms with Crippen molar-refractivity contribution in [2.24, 2.45) is 0 Å². The number of aryl methyl sites for hydroxylation is 3. The first kappa shape index (κ1) is 16.7. The number of para-hydroxylation sites is 1. The number of amides is 1. The summed E-state index contributed by atoms with van der Waals surface area (Å²) in [5, 5.41) is 4.26. The van der Waals surface area contributed by atoms with E-state index in [1.165, 1.54) is 16.0 Å². The predicted molar refractivity (Wildman–Crippen MR) is 102 cm³/mol. The lowest BCUT2D eigenvalue weighted by Gasteiger charge is -2.07. The van der Waals surface area contributed by atoms with Gasteiger partial charge in [0.2, 0.25) is 0 Å². The number of aromatic nitrogens is 1. The molecule has 0 saturated carbocycles. The first-order chi connectivity index (χ1) is 11.5. The lowest BCUT2D eigenvalue weighted by molar-refractivity contribution is 0.0956. The van der Waals surface area contributed by atoms with Crippen LogP contribution >= 0.6 is 11.8 Å². The standard InChI is InChI=1S/C20H22N2OS/c1-13-10-14(2)12-16(11-13)20(23)21-8-9-24-19-15(3)22-18-7-5-4-6-17(18)19/h4-7,10-12,22H,8-9H2,1-3H3,(H,21,23). The fourth-order valence-corrected chi connectivity index (χ4v) is 3.97. The maximum absolute atomic E-state index is 12.3. The Balaban J connectivity index is 1.58. The normalized spacial score (nSPS) is 11.0. The second kappa shape index (κ2) is 7.14. The van der Waals surface area contributed by atoms with Gasteiger partial charge in [0.25, 0.3) is 5.91 Å². The highest BCUT2D eigenvalue weighted by atomic mass is 32.2. The molecule has 1 aromatic heterocycles. The molecule has 24 heavy (non-hydrogen) atoms. The van der Waals surface area contributed by atoms with Crippen LogP contribution in [0.4, 0.5) is 0 Å². The molecule has 0 radical (unpaired) electrons. The van der Waals surface area contributed by atoms with Gasteiger partial charge < -0.3 is 10.3 Å². The summed E-state index contributed by atoms with van der Waals surface area (Å²) in [6, 6.07) is 14.3. The van der Waals surface area contributed by atoms with E-state index in [0.29, 0.717) is 6.54 Å². The van der Waals surface area contributed by atoms with Gasteiger partial charge in [-0.05, 0) is 39.0 Å². The van der Waals surface area contributed by atoms with Crippen molar-refractivity contribution in [3.05, 3.63) is 64.8 Å². The lowest BCUT2D eigenvalue weighted by Crippen LogP contribution is -2.25. The zero-order valence-corrected chi connectivity index (χ0v) is 15.1. The molecule has 0 aliphatic heterocycles. The molecule has 0 unspecified atom stereocenters. The van der Waals surface area contributed by atoms with Gasteiger partial charge in [-0.25, -0.2) is 0 Å². The number of benzene rings is 2. The van der Waals surface area contributed by atoms with Crippen LogP contribution in [0.3, 0.4) is 0 Å². The van der Waals surface area contributed by atoms with Crippen molar-refractivity contribution in [1.82, 2.24) is 10.3 Å². The highest BCUT2D eigenvalue weighted by Crippen LogP contribution is 2.30. The molecular weight excluding hydrogens is 316 g/mol. The van der Waals surface area contributed by atoms with Gasteiger partial charge in [0, 0.05) is 39.4 Å². The van der Waals surface area contributed by atoms with Gasteiger partial charge in [0.1, 0.15) is 0 Å². The highest BCUT2D eigenvalue weighted by Gasteiger charge is 2.09. The number of carbonyl (C=O) groups is 1. The van der Waals surface area contributed by atoms with Gasteiger partial charge in [0.15, 0.2) is 0 Å². The molecule has 4 heteroatoms. The molecule has 2 aromatic carbocycles. The third-order valence-corrected chi connectivity index (χ3v) is 5.18. The molecule has 3 nitrogen and oxygen atoms in total. The lowest BCUT2D eigenvalue weighted by atomic mass is 10.1. The highest BCUT2D eigenvalue weighted by molar-refractivity contribution is 7.99. The number of carbonyl (C=O) groups excluding carboxylic acids is 1. The van der Waals surface area contributed by atoms with E-state index in [0.717, 1.165) is 28.0 Å². The van der Waals surface area contributed by atoms with Crippen molar-refractivity contribution >= 4 is 28.6 Å². The molecule has 0 aliphatic rings. The first-order valence-electron chi connectivity index (χ1n) is 8.11. The van der Waals surface area contributed by atoms with Crippen molar-refractivity contribution < 1.29 is 4.79 Å². The molecule has 0 spiro atoms. The number of fused-ring (bicyclic) bond motifs is 1. The summed E-state index contributed by atoms with van der Waals surface area (Å²) in [5.41, 5.74) is 5.31. The average Bonchev–Trinajstić information content (AvgIpc) is 2.86. The van der Waals surface area contributed by atoms with Crippen molar-refractivity contribution in [2.75, 3.05) is 12.3 Å². The Morgan fingerprint density at radius 3 is 2.54 bits per heavy atom. The van der Waals surface area contributed by atoms with Crippen LogP contribution in [0.1, 0.15) is 27.2 Å². The van der Waals surface area contributed by atoms with Crippen LogP contribution in [0.25, 0.3) is 10.9 Å². The van der Waals surface area contributed by atoms with Gasteiger partial charge in [-0.2, -0.15) is 0 Å². The van der Waals surface area contributed by atoms with Crippen LogP contribution in [-0.4, -0.2) is 23.2 Å². The second-order valence-electron chi connectivity index (χ2n) is 6.11. The van der Waals surface area contributed by atoms with Gasteiger partial charge in [-0.15, -0.1) is 11.8 Å². The van der Waals surface area contributed by atoms with Crippen LogP contribution in [0.2, 0.25) is 0 Å². The summed E-state index contributed by atoms with van der Waals surface area (Å²) >= 11 is 1.78. The maximum atomic E-state index is 12.3. The van der Waals surface area contributed by atoms with Gasteiger partial charge in [0.05, 0.1) is 0 Å². The van der Waals surface area contributed by atoms with E-state index < -0.39 is 0 Å². The monoisotopic (exact) mass is 338 g/mol. The largest absolute Gasteiger partial charge is 0.358 e. The molecule has 3 aromatic rings. The summed E-state index contributed by atoms with van der Waals surface area (Å²) in [6.07, 6.45) is 0. The van der Waals surface area contributed by atoms with Crippen LogP contribution in [0.15, 0.2) is 47.4 Å². The molecular formula is C20H22N2OS. The van der Waals surface area contributed by atoms with E-state index in [1.54, 1.807) is 11.8 Å². The van der Waals surface area contributed by atoms with Gasteiger partial charge in [-0.3, -0.25) is 4.79 Å². The van der Waals surface area contributed by atoms with Crippen LogP contribution in [0.5, 0.6) is 0 Å². The molecule has 3 rings (SSSR count). The molecule has 0 aliphatic carbocycles. The molecule has 1 amide bonds. The van der Waals surface area contributed by atoms with E-state index in [1.807, 2.05) is 32.0 Å². The zero-order chi connectivity index (χ0) is 17.1. The Morgan fingerprint density at radius 2 is 1.79 bits per heavy atom. The van der Waals surface area contributed by atoms with E-state index in [9.17, 15) is 4.79 Å². The minimum Gasteiger partial charge on any atom is -0.358 e. The van der Waals surface area contributed by atoms with E-state index in [2.05, 4.69) is 41.5 Å². The summed E-state index contributed by atoms with van der Waals surface area (Å²) in [6.45, 7) is 6.77. The third-order valence-electron chi connectivity index (χ3n) is 3.95. The Bertz CT molecular complexity index is 862. The molecule has 0 bridgehead atoms. The molecule has 0 atom stereocenters. The predicted octanol–water partition coefficient (Wildman–Crippen LogP) is 4.62. The summed E-state index contributed by atoms with van der Waals surface area (Å²) in [4.78, 5) is 16.9. The maximum Gasteiger partial charge on any atom is 0.251 e. The van der Waals surface area contributed by atoms with Crippen molar-refractivity contribution in [3.63, 3.8) is 0 Å². The Morgan fingerprint density at radius 1 is 1.08 bits per heavy atom. The topological polar surface area (TPSA) is 44.9 Å².